The lowest BCUT2D eigenvalue weighted by molar-refractivity contribution is 0.594. The molecule has 4 nitrogen and oxygen atoms in total. The second-order valence-corrected chi connectivity index (χ2v) is 6.24. The zero-order valence-corrected chi connectivity index (χ0v) is 11.8. The van der Waals surface area contributed by atoms with Crippen molar-refractivity contribution in [3.05, 3.63) is 23.2 Å². The van der Waals surface area contributed by atoms with Crippen LogP contribution in [0.15, 0.2) is 27.5 Å². The van der Waals surface area contributed by atoms with Crippen molar-refractivity contribution in [1.82, 2.24) is 0 Å². The Balaban J connectivity index is 2.51. The van der Waals surface area contributed by atoms with Crippen LogP contribution in [0, 0.1) is 5.92 Å². The number of sulfonamides is 1. The maximum absolute atomic E-state index is 12.1. The number of hydrogen-bond donors (Lipinski definition) is 1. The standard InChI is InChI=1S/C12H15ClN2O2S/c1-3-8(4-2)12-14-10-7-9(13)5-6-11(10)18(16,17)15-12/h5-8H,3-4H2,1-2H3,(H,14,15). The lowest BCUT2D eigenvalue weighted by atomic mass is 10.0. The van der Waals surface area contributed by atoms with Crippen molar-refractivity contribution in [2.45, 2.75) is 31.6 Å². The van der Waals surface area contributed by atoms with E-state index in [-0.39, 0.29) is 10.8 Å². The SMILES string of the molecule is CCC(CC)C1=NS(=O)(=O)c2ccc(Cl)cc2N1. The summed E-state index contributed by atoms with van der Waals surface area (Å²) in [6, 6.07) is 4.65. The number of nitrogens with zero attached hydrogens (tertiary/aromatic N) is 1. The highest BCUT2D eigenvalue weighted by Gasteiger charge is 2.27. The minimum absolute atomic E-state index is 0.118. The van der Waals surface area contributed by atoms with Crippen molar-refractivity contribution in [3.8, 4) is 0 Å². The molecule has 1 N–H and O–H groups in total. The number of halogens is 1. The molecule has 1 aliphatic rings. The molecule has 0 fully saturated rings. The van der Waals surface area contributed by atoms with Crippen LogP contribution in [0.25, 0.3) is 0 Å². The number of benzene rings is 1. The summed E-state index contributed by atoms with van der Waals surface area (Å²) in [6.45, 7) is 4.02. The number of rotatable bonds is 3. The van der Waals surface area contributed by atoms with E-state index in [0.717, 1.165) is 12.8 Å². The Morgan fingerprint density at radius 1 is 1.33 bits per heavy atom. The molecule has 98 valence electrons. The van der Waals surface area contributed by atoms with E-state index >= 15 is 0 Å². The first kappa shape index (κ1) is 13.4. The molecule has 1 heterocycles. The van der Waals surface area contributed by atoms with Gasteiger partial charge in [-0.05, 0) is 31.0 Å². The molecule has 0 spiro atoms. The molecule has 1 aromatic rings. The van der Waals surface area contributed by atoms with Crippen molar-refractivity contribution in [3.63, 3.8) is 0 Å². The van der Waals surface area contributed by atoms with E-state index < -0.39 is 10.0 Å². The van der Waals surface area contributed by atoms with Gasteiger partial charge < -0.3 is 5.32 Å². The van der Waals surface area contributed by atoms with Crippen molar-refractivity contribution >= 4 is 33.1 Å². The molecule has 0 aliphatic carbocycles. The molecule has 1 aliphatic heterocycles. The number of anilines is 1. The maximum atomic E-state index is 12.1. The lowest BCUT2D eigenvalue weighted by Crippen LogP contribution is -2.28. The highest BCUT2D eigenvalue weighted by Crippen LogP contribution is 2.31. The fourth-order valence-electron chi connectivity index (χ4n) is 2.02. The third kappa shape index (κ3) is 2.37. The molecule has 0 atom stereocenters. The summed E-state index contributed by atoms with van der Waals surface area (Å²) in [5, 5.41) is 3.58. The monoisotopic (exact) mass is 286 g/mol. The number of amidine groups is 1. The first-order valence-electron chi connectivity index (χ1n) is 5.89. The maximum Gasteiger partial charge on any atom is 0.286 e. The topological polar surface area (TPSA) is 58.5 Å². The highest BCUT2D eigenvalue weighted by atomic mass is 35.5. The van der Waals surface area contributed by atoms with Crippen molar-refractivity contribution in [2.75, 3.05) is 5.32 Å². The van der Waals surface area contributed by atoms with Crippen LogP contribution in [-0.2, 0) is 10.0 Å². The fraction of sp³-hybridized carbons (Fsp3) is 0.417. The van der Waals surface area contributed by atoms with E-state index in [1.54, 1.807) is 12.1 Å². The largest absolute Gasteiger partial charge is 0.342 e. The Kier molecular flexibility index (Phi) is 3.64. The molecular formula is C12H15ClN2O2S. The zero-order valence-electron chi connectivity index (χ0n) is 10.3. The summed E-state index contributed by atoms with van der Waals surface area (Å²) in [5.74, 6) is 0.627. The second-order valence-electron chi connectivity index (χ2n) is 4.23. The molecule has 0 saturated heterocycles. The van der Waals surface area contributed by atoms with Crippen LogP contribution >= 0.6 is 11.6 Å². The predicted octanol–water partition coefficient (Wildman–Crippen LogP) is 3.29. The van der Waals surface area contributed by atoms with E-state index in [0.29, 0.717) is 16.5 Å². The number of hydrogen-bond acceptors (Lipinski definition) is 3. The van der Waals surface area contributed by atoms with Gasteiger partial charge in [0.1, 0.15) is 10.7 Å². The van der Waals surface area contributed by atoms with Crippen LogP contribution in [0.3, 0.4) is 0 Å². The number of fused-ring (bicyclic) bond motifs is 1. The summed E-state index contributed by atoms with van der Waals surface area (Å²) < 4.78 is 28.0. The van der Waals surface area contributed by atoms with E-state index in [9.17, 15) is 8.42 Å². The average molecular weight is 287 g/mol. The zero-order chi connectivity index (χ0) is 13.3. The Morgan fingerprint density at radius 2 is 2.00 bits per heavy atom. The molecule has 1 aromatic carbocycles. The van der Waals surface area contributed by atoms with Crippen LogP contribution in [0.5, 0.6) is 0 Å². The van der Waals surface area contributed by atoms with Crippen LogP contribution in [0.2, 0.25) is 5.02 Å². The molecule has 0 unspecified atom stereocenters. The Bertz CT molecular complexity index is 592. The van der Waals surface area contributed by atoms with Crippen LogP contribution in [0.4, 0.5) is 5.69 Å². The van der Waals surface area contributed by atoms with Crippen molar-refractivity contribution in [2.24, 2.45) is 10.3 Å². The quantitative estimate of drug-likeness (QED) is 0.927. The van der Waals surface area contributed by atoms with E-state index in [1.807, 2.05) is 13.8 Å². The van der Waals surface area contributed by atoms with E-state index in [4.69, 9.17) is 11.6 Å². The molecule has 0 saturated carbocycles. The molecule has 6 heteroatoms. The van der Waals surface area contributed by atoms with Crippen molar-refractivity contribution < 1.29 is 8.42 Å². The summed E-state index contributed by atoms with van der Waals surface area (Å²) >= 11 is 5.89. The van der Waals surface area contributed by atoms with Gasteiger partial charge in [-0.2, -0.15) is 8.42 Å². The predicted molar refractivity (Wildman–Crippen MR) is 73.8 cm³/mol. The molecule has 0 bridgehead atoms. The van der Waals surface area contributed by atoms with Gasteiger partial charge in [0.25, 0.3) is 10.0 Å². The van der Waals surface area contributed by atoms with Crippen LogP contribution in [0.1, 0.15) is 26.7 Å². The number of nitrogens with one attached hydrogen (secondary N) is 1. The van der Waals surface area contributed by atoms with Gasteiger partial charge in [0.2, 0.25) is 0 Å². The second kappa shape index (κ2) is 4.90. The Morgan fingerprint density at radius 3 is 2.61 bits per heavy atom. The molecular weight excluding hydrogens is 272 g/mol. The van der Waals surface area contributed by atoms with Gasteiger partial charge in [0.15, 0.2) is 0 Å². The minimum atomic E-state index is -3.61. The summed E-state index contributed by atoms with van der Waals surface area (Å²) in [6.07, 6.45) is 1.68. The van der Waals surface area contributed by atoms with Gasteiger partial charge in [0, 0.05) is 10.9 Å². The molecule has 0 radical (unpaired) electrons. The Hall–Kier alpha value is -1.07. The first-order valence-corrected chi connectivity index (χ1v) is 7.71. The van der Waals surface area contributed by atoms with Gasteiger partial charge in [-0.3, -0.25) is 0 Å². The van der Waals surface area contributed by atoms with E-state index in [1.165, 1.54) is 6.07 Å². The summed E-state index contributed by atoms with van der Waals surface area (Å²) in [7, 11) is -3.61. The average Bonchev–Trinajstić information content (AvgIpc) is 2.28. The van der Waals surface area contributed by atoms with Gasteiger partial charge in [0.05, 0.1) is 5.69 Å². The minimum Gasteiger partial charge on any atom is -0.342 e. The smallest absolute Gasteiger partial charge is 0.286 e. The fourth-order valence-corrected chi connectivity index (χ4v) is 3.37. The lowest BCUT2D eigenvalue weighted by Gasteiger charge is -2.23. The van der Waals surface area contributed by atoms with Gasteiger partial charge >= 0.3 is 0 Å². The molecule has 0 aromatic heterocycles. The molecule has 18 heavy (non-hydrogen) atoms. The van der Waals surface area contributed by atoms with Gasteiger partial charge in [-0.25, -0.2) is 0 Å². The Labute approximate surface area is 112 Å². The first-order chi connectivity index (χ1) is 8.47. The van der Waals surface area contributed by atoms with Crippen LogP contribution in [-0.4, -0.2) is 14.3 Å². The molecule has 0 amide bonds. The van der Waals surface area contributed by atoms with Gasteiger partial charge in [-0.15, -0.1) is 4.40 Å². The molecule has 2 rings (SSSR count). The third-order valence-electron chi connectivity index (χ3n) is 3.07. The third-order valence-corrected chi connectivity index (χ3v) is 4.66. The summed E-state index contributed by atoms with van der Waals surface area (Å²) in [4.78, 5) is 0.182. The van der Waals surface area contributed by atoms with Gasteiger partial charge in [-0.1, -0.05) is 25.4 Å². The normalized spacial score (nSPS) is 17.0. The summed E-state index contributed by atoms with van der Waals surface area (Å²) in [5.41, 5.74) is 0.513. The highest BCUT2D eigenvalue weighted by molar-refractivity contribution is 7.90. The van der Waals surface area contributed by atoms with Crippen LogP contribution < -0.4 is 5.32 Å². The van der Waals surface area contributed by atoms with Crippen molar-refractivity contribution in [1.29, 1.82) is 0 Å². The van der Waals surface area contributed by atoms with E-state index in [2.05, 4.69) is 9.71 Å².